The smallest absolute Gasteiger partial charge is 0.185 e. The minimum atomic E-state index is 0.532. The number of hydrogen-bond donors (Lipinski definition) is 0. The molecule has 0 amide bonds. The van der Waals surface area contributed by atoms with Gasteiger partial charge in [-0.1, -0.05) is 17.7 Å². The summed E-state index contributed by atoms with van der Waals surface area (Å²) in [6.45, 7) is 2.37. The van der Waals surface area contributed by atoms with Crippen molar-refractivity contribution in [1.82, 2.24) is 0 Å². The topological polar surface area (TPSA) is 21.6 Å². The summed E-state index contributed by atoms with van der Waals surface area (Å²) in [6.07, 6.45) is 0. The number of fused-ring (bicyclic) bond motifs is 1. The number of rotatable bonds is 0. The minimum absolute atomic E-state index is 0.532. The van der Waals surface area contributed by atoms with Gasteiger partial charge >= 0.3 is 0 Å². The Labute approximate surface area is 75.8 Å². The van der Waals surface area contributed by atoms with Gasteiger partial charge in [-0.05, 0) is 12.1 Å². The second kappa shape index (κ2) is 2.79. The van der Waals surface area contributed by atoms with E-state index < -0.39 is 0 Å². The first-order valence-corrected chi connectivity index (χ1v) is 4.10. The first-order chi connectivity index (χ1) is 5.77. The highest BCUT2D eigenvalue weighted by Crippen LogP contribution is 2.30. The number of nitrogens with zero attached hydrogens (tertiary/aromatic N) is 1. The first kappa shape index (κ1) is 7.62. The summed E-state index contributed by atoms with van der Waals surface area (Å²) in [5, 5.41) is 0.726. The van der Waals surface area contributed by atoms with Crippen LogP contribution >= 0.6 is 11.6 Å². The number of halogens is 1. The zero-order valence-electron chi connectivity index (χ0n) is 6.67. The lowest BCUT2D eigenvalue weighted by Gasteiger charge is -2.15. The number of hydrogen-bond acceptors (Lipinski definition) is 2. The molecule has 62 valence electrons. The van der Waals surface area contributed by atoms with E-state index in [0.717, 1.165) is 16.3 Å². The lowest BCUT2D eigenvalue weighted by molar-refractivity contribution is 0.285. The molecule has 0 atom stereocenters. The van der Waals surface area contributed by atoms with Gasteiger partial charge in [0.1, 0.15) is 6.61 Å². The van der Waals surface area contributed by atoms with E-state index in [0.29, 0.717) is 12.5 Å². The van der Waals surface area contributed by atoms with E-state index in [4.69, 9.17) is 16.3 Å². The number of aliphatic imine (C=N–C) groups is 1. The molecule has 0 fully saturated rings. The van der Waals surface area contributed by atoms with Crippen LogP contribution in [0.5, 0.6) is 0 Å². The molecule has 0 spiro atoms. The van der Waals surface area contributed by atoms with Gasteiger partial charge in [0, 0.05) is 17.5 Å². The summed E-state index contributed by atoms with van der Waals surface area (Å²) in [4.78, 5) is 4.22. The van der Waals surface area contributed by atoms with E-state index in [2.05, 4.69) is 4.99 Å². The summed E-state index contributed by atoms with van der Waals surface area (Å²) in [7, 11) is 0. The third kappa shape index (κ3) is 1.18. The lowest BCUT2D eigenvalue weighted by atomic mass is 10.2. The Hall–Kier alpha value is -1.02. The van der Waals surface area contributed by atoms with E-state index in [1.54, 1.807) is 0 Å². The summed E-state index contributed by atoms with van der Waals surface area (Å²) in [6, 6.07) is 5.68. The maximum Gasteiger partial charge on any atom is 0.185 e. The minimum Gasteiger partial charge on any atom is -0.476 e. The Kier molecular flexibility index (Phi) is 1.77. The van der Waals surface area contributed by atoms with Crippen LogP contribution in [-0.2, 0) is 11.3 Å². The van der Waals surface area contributed by atoms with Crippen molar-refractivity contribution in [2.75, 3.05) is 0 Å². The van der Waals surface area contributed by atoms with E-state index in [1.807, 2.05) is 25.1 Å². The van der Waals surface area contributed by atoms with Gasteiger partial charge in [-0.25, -0.2) is 4.99 Å². The second-order valence-electron chi connectivity index (χ2n) is 2.66. The van der Waals surface area contributed by atoms with Gasteiger partial charge in [-0.15, -0.1) is 0 Å². The van der Waals surface area contributed by atoms with E-state index >= 15 is 0 Å². The van der Waals surface area contributed by atoms with Crippen molar-refractivity contribution in [3.63, 3.8) is 0 Å². The highest BCUT2D eigenvalue weighted by Gasteiger charge is 2.11. The Morgan fingerprint density at radius 1 is 1.50 bits per heavy atom. The van der Waals surface area contributed by atoms with Crippen LogP contribution in [0.1, 0.15) is 12.5 Å². The van der Waals surface area contributed by atoms with Crippen LogP contribution in [0.3, 0.4) is 0 Å². The van der Waals surface area contributed by atoms with Crippen LogP contribution in [0, 0.1) is 0 Å². The third-order valence-electron chi connectivity index (χ3n) is 1.80. The number of benzene rings is 1. The fourth-order valence-corrected chi connectivity index (χ4v) is 1.40. The van der Waals surface area contributed by atoms with Gasteiger partial charge in [-0.2, -0.15) is 0 Å². The molecule has 0 N–H and O–H groups in total. The van der Waals surface area contributed by atoms with Crippen molar-refractivity contribution in [3.05, 3.63) is 28.8 Å². The lowest BCUT2D eigenvalue weighted by Crippen LogP contribution is -2.05. The maximum absolute atomic E-state index is 5.94. The van der Waals surface area contributed by atoms with Crippen molar-refractivity contribution in [2.24, 2.45) is 4.99 Å². The monoisotopic (exact) mass is 181 g/mol. The average Bonchev–Trinajstić information content (AvgIpc) is 2.04. The molecule has 0 bridgehead atoms. The highest BCUT2D eigenvalue weighted by atomic mass is 35.5. The second-order valence-corrected chi connectivity index (χ2v) is 3.06. The van der Waals surface area contributed by atoms with Gasteiger partial charge in [0.05, 0.1) is 5.69 Å². The number of ether oxygens (including phenoxy) is 1. The standard InChI is InChI=1S/C9H8ClNO/c1-6-11-9-4-2-3-8(10)7(9)5-12-6/h2-4H,5H2,1H3. The molecule has 0 aliphatic carbocycles. The van der Waals surface area contributed by atoms with Crippen molar-refractivity contribution >= 4 is 23.2 Å². The molecule has 1 aliphatic rings. The van der Waals surface area contributed by atoms with Crippen LogP contribution in [0.25, 0.3) is 0 Å². The molecule has 0 unspecified atom stereocenters. The zero-order chi connectivity index (χ0) is 8.55. The van der Waals surface area contributed by atoms with E-state index in [-0.39, 0.29) is 0 Å². The molecule has 1 aromatic carbocycles. The molecule has 0 aromatic heterocycles. The third-order valence-corrected chi connectivity index (χ3v) is 2.15. The molecule has 0 saturated heterocycles. The Bertz CT molecular complexity index is 346. The van der Waals surface area contributed by atoms with Gasteiger partial charge in [-0.3, -0.25) is 0 Å². The largest absolute Gasteiger partial charge is 0.476 e. The van der Waals surface area contributed by atoms with Crippen molar-refractivity contribution in [1.29, 1.82) is 0 Å². The van der Waals surface area contributed by atoms with Gasteiger partial charge < -0.3 is 4.74 Å². The Morgan fingerprint density at radius 3 is 3.17 bits per heavy atom. The van der Waals surface area contributed by atoms with E-state index in [1.165, 1.54) is 0 Å². The van der Waals surface area contributed by atoms with Crippen LogP contribution in [0.15, 0.2) is 23.2 Å². The normalized spacial score (nSPS) is 14.7. The van der Waals surface area contributed by atoms with Crippen molar-refractivity contribution in [2.45, 2.75) is 13.5 Å². The summed E-state index contributed by atoms with van der Waals surface area (Å²) < 4.78 is 5.25. The van der Waals surface area contributed by atoms with Crippen LogP contribution in [-0.4, -0.2) is 5.90 Å². The van der Waals surface area contributed by atoms with Gasteiger partial charge in [0.15, 0.2) is 5.90 Å². The molecule has 1 aromatic rings. The quantitative estimate of drug-likeness (QED) is 0.603. The summed E-state index contributed by atoms with van der Waals surface area (Å²) in [5.74, 6) is 0.699. The molecule has 1 heterocycles. The molecular weight excluding hydrogens is 174 g/mol. The van der Waals surface area contributed by atoms with E-state index in [9.17, 15) is 0 Å². The molecule has 1 aliphatic heterocycles. The Morgan fingerprint density at radius 2 is 2.33 bits per heavy atom. The molecule has 0 radical (unpaired) electrons. The molecule has 0 saturated carbocycles. The predicted octanol–water partition coefficient (Wildman–Crippen LogP) is 2.92. The molecule has 3 heteroatoms. The average molecular weight is 182 g/mol. The van der Waals surface area contributed by atoms with Crippen molar-refractivity contribution in [3.8, 4) is 0 Å². The van der Waals surface area contributed by atoms with Crippen LogP contribution < -0.4 is 0 Å². The maximum atomic E-state index is 5.94. The summed E-state index contributed by atoms with van der Waals surface area (Å²) in [5.41, 5.74) is 1.90. The van der Waals surface area contributed by atoms with Crippen LogP contribution in [0.4, 0.5) is 5.69 Å². The van der Waals surface area contributed by atoms with Crippen LogP contribution in [0.2, 0.25) is 5.02 Å². The van der Waals surface area contributed by atoms with Gasteiger partial charge in [0.2, 0.25) is 0 Å². The molecule has 2 rings (SSSR count). The Balaban J connectivity index is 2.57. The molecule has 2 nitrogen and oxygen atoms in total. The molecular formula is C9H8ClNO. The predicted molar refractivity (Wildman–Crippen MR) is 49.0 cm³/mol. The van der Waals surface area contributed by atoms with Gasteiger partial charge in [0.25, 0.3) is 0 Å². The highest BCUT2D eigenvalue weighted by molar-refractivity contribution is 6.31. The fourth-order valence-electron chi connectivity index (χ4n) is 1.17. The zero-order valence-corrected chi connectivity index (χ0v) is 7.43. The SMILES string of the molecule is CC1=Nc2cccc(Cl)c2CO1. The first-order valence-electron chi connectivity index (χ1n) is 3.73. The summed E-state index contributed by atoms with van der Waals surface area (Å²) >= 11 is 5.94. The molecule has 12 heavy (non-hydrogen) atoms. The fraction of sp³-hybridized carbons (Fsp3) is 0.222. The van der Waals surface area contributed by atoms with Crippen molar-refractivity contribution < 1.29 is 4.74 Å².